The van der Waals surface area contributed by atoms with Gasteiger partial charge in [-0.05, 0) is 0 Å². The summed E-state index contributed by atoms with van der Waals surface area (Å²) in [5.74, 6) is -5.59. The number of hydrogen-bond acceptors (Lipinski definition) is 18. The summed E-state index contributed by atoms with van der Waals surface area (Å²) in [6.45, 7) is -4.33. The third kappa shape index (κ3) is 6.08. The molecule has 4 bridgehead atoms. The highest BCUT2D eigenvalue weighted by Crippen LogP contribution is 2.55. The fourth-order valence-corrected chi connectivity index (χ4v) is 6.25. The van der Waals surface area contributed by atoms with E-state index in [9.17, 15) is 42.0 Å². The Bertz CT molecular complexity index is 2350. The van der Waals surface area contributed by atoms with Gasteiger partial charge >= 0.3 is 21.8 Å². The Morgan fingerprint density at radius 3 is 2.50 bits per heavy atom. The number of aromatic nitrogens is 8. The molecule has 28 heteroatoms. The number of phosphoric acid groups is 2. The molecule has 8 N–H and O–H groups in total. The molecule has 266 valence electrons. The highest BCUT2D eigenvalue weighted by Gasteiger charge is 2.46. The number of phosphoric ester groups is 2. The van der Waals surface area contributed by atoms with Gasteiger partial charge in [0.05, 0.1) is 6.61 Å². The highest BCUT2D eigenvalue weighted by molar-refractivity contribution is 7.48. The van der Waals surface area contributed by atoms with Gasteiger partial charge in [0.1, 0.15) is 25.6 Å². The molecule has 0 spiro atoms. The Balaban J connectivity index is 1.35. The first-order valence-corrected chi connectivity index (χ1v) is 16.4. The molecule has 0 aliphatic carbocycles. The van der Waals surface area contributed by atoms with E-state index in [4.69, 9.17) is 43.5 Å². The number of rotatable bonds is 4. The summed E-state index contributed by atoms with van der Waals surface area (Å²) in [5, 5.41) is 11.0. The van der Waals surface area contributed by atoms with Crippen LogP contribution >= 0.6 is 15.6 Å². The number of nitrogens with one attached hydrogen (secondary N) is 1. The number of halogens is 3. The van der Waals surface area contributed by atoms with Crippen LogP contribution in [-0.4, -0.2) is 85.5 Å². The van der Waals surface area contributed by atoms with Crippen LogP contribution in [0.5, 0.6) is 11.5 Å². The van der Waals surface area contributed by atoms with Gasteiger partial charge in [-0.2, -0.15) is 18.2 Å². The second-order valence-corrected chi connectivity index (χ2v) is 12.9. The number of nitrogens with zero attached hydrogens (tertiary/aromatic N) is 7. The van der Waals surface area contributed by atoms with Crippen LogP contribution in [0.3, 0.4) is 0 Å². The fraction of sp³-hybridized carbons (Fsp3) is 0.273. The van der Waals surface area contributed by atoms with Crippen molar-refractivity contribution in [2.75, 3.05) is 24.7 Å². The second kappa shape index (κ2) is 11.7. The number of aliphatic hydroxyl groups excluding tert-OH is 1. The normalized spacial score (nSPS) is 24.5. The van der Waals surface area contributed by atoms with Gasteiger partial charge in [-0.3, -0.25) is 28.6 Å². The minimum Gasteiger partial charge on any atom is -0.477 e. The molecule has 7 rings (SSSR count). The van der Waals surface area contributed by atoms with E-state index in [0.29, 0.717) is 0 Å². The molecule has 50 heavy (non-hydrogen) atoms. The average Bonchev–Trinajstić information content (AvgIpc) is 3.78. The molecule has 2 aliphatic heterocycles. The first kappa shape index (κ1) is 33.3. The molecule has 0 aromatic carbocycles. The first-order chi connectivity index (χ1) is 23.5. The molecule has 0 fully saturated rings. The van der Waals surface area contributed by atoms with Crippen molar-refractivity contribution in [1.29, 1.82) is 0 Å². The van der Waals surface area contributed by atoms with Crippen LogP contribution in [0.4, 0.5) is 24.9 Å². The van der Waals surface area contributed by atoms with Gasteiger partial charge in [0.25, 0.3) is 11.4 Å². The third-order valence-corrected chi connectivity index (χ3v) is 8.53. The summed E-state index contributed by atoms with van der Waals surface area (Å²) in [4.78, 5) is 55.6. The molecule has 3 unspecified atom stereocenters. The Labute approximate surface area is 272 Å². The van der Waals surface area contributed by atoms with E-state index in [-0.39, 0.29) is 28.1 Å². The van der Waals surface area contributed by atoms with Crippen LogP contribution in [0.15, 0.2) is 34.0 Å². The number of aromatic amines is 1. The van der Waals surface area contributed by atoms with E-state index in [1.165, 1.54) is 0 Å². The monoisotopic (exact) mass is 750 g/mol. The molecule has 5 aromatic heterocycles. The van der Waals surface area contributed by atoms with Crippen LogP contribution in [0.25, 0.3) is 34.1 Å². The number of H-pyrrole nitrogens is 1. The lowest BCUT2D eigenvalue weighted by Gasteiger charge is -2.20. The number of hydrogen-bond donors (Lipinski definition) is 6. The zero-order valence-electron chi connectivity index (χ0n) is 24.2. The molecule has 2 aliphatic rings. The average molecular weight is 750 g/mol. The summed E-state index contributed by atoms with van der Waals surface area (Å²) in [6.07, 6.45) is -5.68. The summed E-state index contributed by atoms with van der Waals surface area (Å²) < 4.78 is 105. The van der Waals surface area contributed by atoms with Gasteiger partial charge in [-0.25, -0.2) is 38.2 Å². The van der Waals surface area contributed by atoms with E-state index in [0.717, 1.165) is 28.1 Å². The summed E-state index contributed by atoms with van der Waals surface area (Å²) in [5.41, 5.74) is 9.84. The minimum absolute atomic E-state index is 0.0304. The number of nitrogen functional groups attached to an aromatic ring is 2. The zero-order valence-corrected chi connectivity index (χ0v) is 26.0. The van der Waals surface area contributed by atoms with Crippen LogP contribution in [0.2, 0.25) is 0 Å². The van der Waals surface area contributed by atoms with E-state index < -0.39 is 100 Å². The van der Waals surface area contributed by atoms with Crippen LogP contribution in [0.1, 0.15) is 5.76 Å². The number of imidazole rings is 2. The SMILES string of the molecule is Nc1nc2c(ncn2-c2oc3c(OCC(F)(F)F)c2OP(=O)(O)OC[C@H]2OC(n4cnc5c(N)ncnc54)=C(OP(=O)(O)OC3)C2O)c(=O)[nH]1. The van der Waals surface area contributed by atoms with Crippen LogP contribution in [0, 0.1) is 0 Å². The Morgan fingerprint density at radius 1 is 1.02 bits per heavy atom. The van der Waals surface area contributed by atoms with Gasteiger partial charge in [0.15, 0.2) is 52.7 Å². The lowest BCUT2D eigenvalue weighted by molar-refractivity contribution is -0.153. The highest BCUT2D eigenvalue weighted by atomic mass is 31.2. The lowest BCUT2D eigenvalue weighted by atomic mass is 10.2. The standard InChI is InChI=1S/C22H19F3N10O13P2/c23-22(24,25)3-42-12-8-2-44-49(38,39)47-13-11(36)7(45-19(13)34-5-30-9-15(26)28-4-29-16(9)34)1-43-50(40,41)48-14(12)20(46-8)35-6-31-10-17(35)32-21(27)33-18(10)37/h4-7,11,36H,1-3H2,(H,38,39)(H,40,41)(H2,26,28,29)(H3,27,32,33,37)/t7-,11?/m1/s1. The topological polar surface area (TPSA) is 323 Å². The van der Waals surface area contributed by atoms with Gasteiger partial charge in [0.2, 0.25) is 29.1 Å². The summed E-state index contributed by atoms with van der Waals surface area (Å²) in [7, 11) is -10.9. The van der Waals surface area contributed by atoms with Gasteiger partial charge in [-0.15, -0.1) is 0 Å². The largest absolute Gasteiger partial charge is 0.527 e. The number of furan rings is 1. The fourth-order valence-electron chi connectivity index (χ4n) is 4.70. The van der Waals surface area contributed by atoms with Crippen LogP contribution in [-0.2, 0) is 34.0 Å². The van der Waals surface area contributed by atoms with Crippen molar-refractivity contribution >= 4 is 55.6 Å². The summed E-state index contributed by atoms with van der Waals surface area (Å²) >= 11 is 0. The van der Waals surface area contributed by atoms with E-state index >= 15 is 0 Å². The molecule has 5 aromatic rings. The predicted molar refractivity (Wildman–Crippen MR) is 154 cm³/mol. The molecule has 0 radical (unpaired) electrons. The number of aliphatic hydroxyl groups is 1. The minimum atomic E-state index is -5.47. The molecule has 23 nitrogen and oxygen atoms in total. The summed E-state index contributed by atoms with van der Waals surface area (Å²) in [6, 6.07) is 0. The number of nitrogens with two attached hydrogens (primary N) is 2. The van der Waals surface area contributed by atoms with Crippen LogP contribution < -0.4 is 26.3 Å². The molecule has 7 heterocycles. The lowest BCUT2D eigenvalue weighted by Crippen LogP contribution is -2.29. The van der Waals surface area contributed by atoms with E-state index in [1.54, 1.807) is 0 Å². The van der Waals surface area contributed by atoms with Crippen molar-refractivity contribution in [3.05, 3.63) is 40.9 Å². The van der Waals surface area contributed by atoms with Gasteiger partial charge < -0.3 is 39.5 Å². The first-order valence-electron chi connectivity index (χ1n) is 13.5. The molecular formula is C22H19F3N10O13P2. The van der Waals surface area contributed by atoms with Gasteiger partial charge in [-0.1, -0.05) is 0 Å². The number of fused-ring (bicyclic) bond motifs is 6. The van der Waals surface area contributed by atoms with Crippen molar-refractivity contribution < 1.29 is 69.2 Å². The van der Waals surface area contributed by atoms with E-state index in [2.05, 4.69) is 29.9 Å². The van der Waals surface area contributed by atoms with Crippen molar-refractivity contribution in [3.8, 4) is 17.4 Å². The smallest absolute Gasteiger partial charge is 0.477 e. The zero-order chi connectivity index (χ0) is 35.7. The third-order valence-electron chi connectivity index (χ3n) is 6.75. The maximum atomic E-state index is 13.3. The van der Waals surface area contributed by atoms with Crippen molar-refractivity contribution in [2.24, 2.45) is 0 Å². The molecular weight excluding hydrogens is 731 g/mol. The second-order valence-electron chi connectivity index (χ2n) is 10.1. The molecule has 0 saturated carbocycles. The number of alkyl halides is 3. The maximum absolute atomic E-state index is 13.3. The van der Waals surface area contributed by atoms with Crippen molar-refractivity contribution in [3.63, 3.8) is 0 Å². The Hall–Kier alpha value is -5.23. The van der Waals surface area contributed by atoms with E-state index in [1.807, 2.05) is 0 Å². The molecule has 4 atom stereocenters. The Morgan fingerprint density at radius 2 is 1.74 bits per heavy atom. The van der Waals surface area contributed by atoms with Crippen molar-refractivity contribution in [1.82, 2.24) is 39.0 Å². The molecule has 0 saturated heterocycles. The Kier molecular flexibility index (Phi) is 7.78. The number of anilines is 2. The predicted octanol–water partition coefficient (Wildman–Crippen LogP) is 0.676. The quantitative estimate of drug-likeness (QED) is 0.137. The van der Waals surface area contributed by atoms with Crippen molar-refractivity contribution in [2.45, 2.75) is 25.0 Å². The molecule has 0 amide bonds. The maximum Gasteiger partial charge on any atom is 0.527 e. The number of ether oxygens (including phenoxy) is 2. The van der Waals surface area contributed by atoms with Gasteiger partial charge in [0, 0.05) is 0 Å².